The fourth-order valence-electron chi connectivity index (χ4n) is 2.50. The Morgan fingerprint density at radius 3 is 2.33 bits per heavy atom. The van der Waals surface area contributed by atoms with E-state index in [1.165, 1.54) is 30.3 Å². The third kappa shape index (κ3) is 4.11. The van der Waals surface area contributed by atoms with E-state index in [9.17, 15) is 19.7 Å². The van der Waals surface area contributed by atoms with Crippen LogP contribution < -0.4 is 11.1 Å². The number of nitro groups is 1. The molecule has 0 fully saturated rings. The highest BCUT2D eigenvalue weighted by Gasteiger charge is 2.52. The van der Waals surface area contributed by atoms with Gasteiger partial charge in [-0.05, 0) is 45.1 Å². The first-order valence-electron chi connectivity index (χ1n) is 8.05. The molecule has 8 nitrogen and oxygen atoms in total. The van der Waals surface area contributed by atoms with Crippen molar-refractivity contribution in [1.29, 1.82) is 0 Å². The number of halogens is 1. The second-order valence-electron chi connectivity index (χ2n) is 6.96. The van der Waals surface area contributed by atoms with E-state index in [1.807, 2.05) is 0 Å². The van der Waals surface area contributed by atoms with E-state index >= 15 is 0 Å². The number of rotatable bonds is 5. The number of carbonyl (C=O) groups excluding carboxylic acids is 2. The third-order valence-electron chi connectivity index (χ3n) is 3.78. The normalized spacial score (nSPS) is 19.4. The lowest BCUT2D eigenvalue weighted by atomic mass is 9.83. The molecule has 0 spiro atoms. The van der Waals surface area contributed by atoms with Crippen LogP contribution in [0.1, 0.15) is 31.1 Å². The zero-order chi connectivity index (χ0) is 20.4. The summed E-state index contributed by atoms with van der Waals surface area (Å²) >= 11 is 5.86. The number of dihydropyridines is 1. The van der Waals surface area contributed by atoms with Crippen LogP contribution in [0.25, 0.3) is 0 Å². The fourth-order valence-corrected chi connectivity index (χ4v) is 2.66. The Kier molecular flexibility index (Phi) is 5.60. The van der Waals surface area contributed by atoms with Gasteiger partial charge in [-0.2, -0.15) is 0 Å². The van der Waals surface area contributed by atoms with Crippen molar-refractivity contribution in [2.75, 3.05) is 5.88 Å². The zero-order valence-electron chi connectivity index (χ0n) is 15.1. The number of carbonyl (C=O) groups is 2. The van der Waals surface area contributed by atoms with Gasteiger partial charge >= 0.3 is 5.97 Å². The van der Waals surface area contributed by atoms with E-state index in [-0.39, 0.29) is 22.8 Å². The van der Waals surface area contributed by atoms with E-state index < -0.39 is 27.8 Å². The van der Waals surface area contributed by atoms with Crippen molar-refractivity contribution in [3.05, 3.63) is 63.5 Å². The summed E-state index contributed by atoms with van der Waals surface area (Å²) in [6.45, 7) is 4.99. The number of allylic oxidation sites excluding steroid dienone is 3. The number of non-ortho nitro benzene ring substituents is 1. The average Bonchev–Trinajstić information content (AvgIpc) is 2.60. The Labute approximate surface area is 161 Å². The van der Waals surface area contributed by atoms with Crippen LogP contribution in [0.15, 0.2) is 47.8 Å². The van der Waals surface area contributed by atoms with E-state index in [0.29, 0.717) is 5.70 Å². The van der Waals surface area contributed by atoms with Gasteiger partial charge in [0.15, 0.2) is 0 Å². The topological polar surface area (TPSA) is 125 Å². The minimum Gasteiger partial charge on any atom is -0.458 e. The number of nitrogens with two attached hydrogens (primary N) is 1. The van der Waals surface area contributed by atoms with Crippen molar-refractivity contribution in [3.8, 4) is 0 Å². The van der Waals surface area contributed by atoms with Gasteiger partial charge in [0.05, 0.1) is 16.5 Å². The monoisotopic (exact) mass is 393 g/mol. The maximum atomic E-state index is 13.3. The molecule has 0 amide bonds. The summed E-state index contributed by atoms with van der Waals surface area (Å²) in [5.41, 5.74) is 3.39. The summed E-state index contributed by atoms with van der Waals surface area (Å²) in [6, 6.07) is 4.88. The van der Waals surface area contributed by atoms with E-state index in [2.05, 4.69) is 5.32 Å². The summed E-state index contributed by atoms with van der Waals surface area (Å²) in [4.78, 5) is 36.5. The molecule has 1 aromatic carbocycles. The summed E-state index contributed by atoms with van der Waals surface area (Å²) < 4.78 is 5.43. The predicted octanol–water partition coefficient (Wildman–Crippen LogP) is 2.43. The molecule has 9 heteroatoms. The molecule has 1 aromatic rings. The number of hydrogen-bond donors (Lipinski definition) is 2. The standard InChI is InChI=1S/C18H20ClN3O5/c1-17(2,3)27-16(24)18(14(20)9-6-12(10-19)21-18)15(23)11-4-7-13(8-5-11)22(25)26/h4-9,21H,10,20H2,1-3H3. The number of hydrogen-bond acceptors (Lipinski definition) is 7. The maximum absolute atomic E-state index is 13.3. The molecule has 1 heterocycles. The molecule has 0 saturated heterocycles. The molecule has 3 N–H and O–H groups in total. The summed E-state index contributed by atoms with van der Waals surface area (Å²) in [5, 5.41) is 13.6. The summed E-state index contributed by atoms with van der Waals surface area (Å²) in [5.74, 6) is -1.57. The number of nitro benzene ring substituents is 1. The second kappa shape index (κ2) is 7.40. The molecule has 1 aliphatic rings. The zero-order valence-corrected chi connectivity index (χ0v) is 15.9. The lowest BCUT2D eigenvalue weighted by Gasteiger charge is -2.37. The molecule has 1 atom stereocenters. The van der Waals surface area contributed by atoms with E-state index in [4.69, 9.17) is 22.1 Å². The minimum absolute atomic E-state index is 0.0157. The second-order valence-corrected chi connectivity index (χ2v) is 7.22. The molecule has 144 valence electrons. The van der Waals surface area contributed by atoms with Crippen molar-refractivity contribution < 1.29 is 19.2 Å². The Bertz CT molecular complexity index is 840. The first kappa shape index (κ1) is 20.4. The first-order valence-corrected chi connectivity index (χ1v) is 8.58. The van der Waals surface area contributed by atoms with Gasteiger partial charge in [0.2, 0.25) is 11.3 Å². The molecule has 0 aliphatic carbocycles. The van der Waals surface area contributed by atoms with E-state index in [0.717, 1.165) is 0 Å². The van der Waals surface area contributed by atoms with Crippen LogP contribution in [-0.4, -0.2) is 33.7 Å². The molecular formula is C18H20ClN3O5. The van der Waals surface area contributed by atoms with Crippen molar-refractivity contribution >= 4 is 29.0 Å². The number of Topliss-reactive ketones (excluding diaryl/α,β-unsaturated/α-hetero) is 1. The molecule has 1 aliphatic heterocycles. The Morgan fingerprint density at radius 2 is 1.85 bits per heavy atom. The highest BCUT2D eigenvalue weighted by atomic mass is 35.5. The van der Waals surface area contributed by atoms with Crippen LogP contribution in [0.2, 0.25) is 0 Å². The van der Waals surface area contributed by atoms with E-state index in [1.54, 1.807) is 26.8 Å². The van der Waals surface area contributed by atoms with Crippen molar-refractivity contribution in [1.82, 2.24) is 5.32 Å². The van der Waals surface area contributed by atoms with Crippen LogP contribution in [0, 0.1) is 10.1 Å². The van der Waals surface area contributed by atoms with Crippen molar-refractivity contribution in [3.63, 3.8) is 0 Å². The van der Waals surface area contributed by atoms with Crippen molar-refractivity contribution in [2.24, 2.45) is 5.73 Å². The number of nitrogens with one attached hydrogen (secondary N) is 1. The number of nitrogens with zero attached hydrogens (tertiary/aromatic N) is 1. The molecule has 0 radical (unpaired) electrons. The number of esters is 1. The smallest absolute Gasteiger partial charge is 0.346 e. The SMILES string of the molecule is CC(C)(C)OC(=O)C1(C(=O)c2ccc([N+](=O)[O-])cc2)NC(CCl)=CC=C1N. The number of ketones is 1. The van der Waals surface area contributed by atoms with Gasteiger partial charge in [-0.3, -0.25) is 14.9 Å². The average molecular weight is 394 g/mol. The predicted molar refractivity (Wildman–Crippen MR) is 100 cm³/mol. The van der Waals surface area contributed by atoms with Crippen LogP contribution in [0.4, 0.5) is 5.69 Å². The van der Waals surface area contributed by atoms with Crippen molar-refractivity contribution in [2.45, 2.75) is 31.9 Å². The molecule has 0 saturated carbocycles. The van der Waals surface area contributed by atoms with Crippen LogP contribution in [-0.2, 0) is 9.53 Å². The van der Waals surface area contributed by atoms with Gasteiger partial charge in [-0.25, -0.2) is 4.79 Å². The van der Waals surface area contributed by atoms with Gasteiger partial charge in [-0.1, -0.05) is 0 Å². The van der Waals surface area contributed by atoms with Gasteiger partial charge in [0.25, 0.3) is 5.69 Å². The molecule has 2 rings (SSSR count). The highest BCUT2D eigenvalue weighted by molar-refractivity contribution is 6.21. The summed E-state index contributed by atoms with van der Waals surface area (Å²) in [7, 11) is 0. The van der Waals surface area contributed by atoms with Crippen LogP contribution in [0.3, 0.4) is 0 Å². The lowest BCUT2D eigenvalue weighted by molar-refractivity contribution is -0.384. The fraction of sp³-hybridized carbons (Fsp3) is 0.333. The number of benzene rings is 1. The van der Waals surface area contributed by atoms with Crippen LogP contribution >= 0.6 is 11.6 Å². The highest BCUT2D eigenvalue weighted by Crippen LogP contribution is 2.29. The maximum Gasteiger partial charge on any atom is 0.346 e. The number of alkyl halides is 1. The Balaban J connectivity index is 2.54. The summed E-state index contributed by atoms with van der Waals surface area (Å²) in [6.07, 6.45) is 2.98. The molecule has 0 bridgehead atoms. The Hall–Kier alpha value is -2.87. The van der Waals surface area contributed by atoms with Crippen LogP contribution in [0.5, 0.6) is 0 Å². The van der Waals surface area contributed by atoms with Gasteiger partial charge < -0.3 is 15.8 Å². The molecule has 1 unspecified atom stereocenters. The molecule has 0 aromatic heterocycles. The first-order chi connectivity index (χ1) is 12.5. The van der Waals surface area contributed by atoms with Gasteiger partial charge in [0.1, 0.15) is 5.60 Å². The van der Waals surface area contributed by atoms with Gasteiger partial charge in [-0.15, -0.1) is 11.6 Å². The van der Waals surface area contributed by atoms with Gasteiger partial charge in [0, 0.05) is 23.4 Å². The Morgan fingerprint density at radius 1 is 1.26 bits per heavy atom. The largest absolute Gasteiger partial charge is 0.458 e. The molecule has 27 heavy (non-hydrogen) atoms. The minimum atomic E-state index is -2.01. The molecular weight excluding hydrogens is 374 g/mol. The quantitative estimate of drug-likeness (QED) is 0.196. The third-order valence-corrected chi connectivity index (χ3v) is 4.06. The lowest BCUT2D eigenvalue weighted by Crippen LogP contribution is -2.63. The number of ether oxygens (including phenoxy) is 1.